The lowest BCUT2D eigenvalue weighted by atomic mass is 9.95. The summed E-state index contributed by atoms with van der Waals surface area (Å²) in [5.74, 6) is -0.952. The maximum atomic E-state index is 14.2. The van der Waals surface area contributed by atoms with Crippen LogP contribution < -0.4 is 0 Å². The van der Waals surface area contributed by atoms with E-state index in [9.17, 15) is 14.7 Å². The molecule has 2 aromatic carbocycles. The number of rotatable bonds is 15. The molecule has 0 bridgehead atoms. The molecule has 2 rings (SSSR count). The molecule has 6 heteroatoms. The van der Waals surface area contributed by atoms with Crippen molar-refractivity contribution in [2.75, 3.05) is 12.0 Å². The average molecular weight is 564 g/mol. The number of hydrogen-bond donors (Lipinski definition) is 1. The Labute approximate surface area is 245 Å². The van der Waals surface area contributed by atoms with Gasteiger partial charge in [0, 0.05) is 5.56 Å². The number of thioether (sulfide) groups is 1. The van der Waals surface area contributed by atoms with Gasteiger partial charge >= 0.3 is 5.97 Å². The molecule has 0 aromatic heterocycles. The molecule has 0 aliphatic carbocycles. The Hall–Kier alpha value is -3.09. The third-order valence-corrected chi connectivity index (χ3v) is 7.58. The molecule has 40 heavy (non-hydrogen) atoms. The standard InChI is InChI=1S/C34H45NO4S/c1-8-26(5)32(21-20-25(4)15-13-14-24(2)3)39-35(31(34(37)38)22-23-40-7)33(36)30-19-12-11-18-29(30)28-17-10-9-16-27(28)6/h8-12,14,16-20,31-32H,13,15,21-23H2,1-7H3,(H,37,38)/t31-,32?/m0/s1. The first kappa shape index (κ1) is 33.1. The van der Waals surface area contributed by atoms with Gasteiger partial charge in [0.05, 0.1) is 0 Å². The normalized spacial score (nSPS) is 13.5. The molecule has 2 aromatic rings. The Morgan fingerprint density at radius 1 is 1.00 bits per heavy atom. The van der Waals surface area contributed by atoms with Gasteiger partial charge in [0.25, 0.3) is 5.91 Å². The summed E-state index contributed by atoms with van der Waals surface area (Å²) in [4.78, 5) is 33.2. The molecule has 216 valence electrons. The van der Waals surface area contributed by atoms with Crippen molar-refractivity contribution in [1.29, 1.82) is 0 Å². The number of carboxylic acid groups (broad SMARTS) is 1. The molecule has 0 heterocycles. The zero-order chi connectivity index (χ0) is 29.7. The first-order valence-corrected chi connectivity index (χ1v) is 15.3. The molecule has 0 spiro atoms. The van der Waals surface area contributed by atoms with Gasteiger partial charge in [0.15, 0.2) is 6.04 Å². The molecule has 0 radical (unpaired) electrons. The Kier molecular flexibility index (Phi) is 14.0. The molecular formula is C34H45NO4S. The predicted octanol–water partition coefficient (Wildman–Crippen LogP) is 8.66. The summed E-state index contributed by atoms with van der Waals surface area (Å²) >= 11 is 1.55. The van der Waals surface area contributed by atoms with Crippen molar-refractivity contribution >= 4 is 23.6 Å². The van der Waals surface area contributed by atoms with Crippen molar-refractivity contribution < 1.29 is 19.5 Å². The number of carbonyl (C=O) groups is 2. The Bertz CT molecular complexity index is 1230. The zero-order valence-corrected chi connectivity index (χ0v) is 25.9. The lowest BCUT2D eigenvalue weighted by Gasteiger charge is -2.32. The van der Waals surface area contributed by atoms with Gasteiger partial charge in [-0.2, -0.15) is 11.8 Å². The summed E-state index contributed by atoms with van der Waals surface area (Å²) in [6.07, 6.45) is 10.5. The SMILES string of the molecule is CC=C(C)C(CC=C(C)CCC=C(C)C)ON(C(=O)c1ccccc1-c1ccccc1C)[C@@H](CCSC)C(=O)O. The molecule has 0 saturated carbocycles. The molecule has 0 aliphatic rings. The number of benzene rings is 2. The van der Waals surface area contributed by atoms with Gasteiger partial charge in [-0.05, 0) is 108 Å². The molecular weight excluding hydrogens is 518 g/mol. The van der Waals surface area contributed by atoms with Crippen LogP contribution in [-0.2, 0) is 9.63 Å². The number of amides is 1. The van der Waals surface area contributed by atoms with Crippen molar-refractivity contribution in [3.8, 4) is 11.1 Å². The third kappa shape index (κ3) is 9.83. The summed E-state index contributed by atoms with van der Waals surface area (Å²) in [6, 6.07) is 14.1. The number of aryl methyl sites for hydroxylation is 1. The van der Waals surface area contributed by atoms with Gasteiger partial charge in [-0.1, -0.05) is 71.8 Å². The number of hydrogen-bond acceptors (Lipinski definition) is 4. The van der Waals surface area contributed by atoms with Gasteiger partial charge in [-0.15, -0.1) is 0 Å². The minimum Gasteiger partial charge on any atom is -0.480 e. The molecule has 0 aliphatic heterocycles. The predicted molar refractivity (Wildman–Crippen MR) is 169 cm³/mol. The highest BCUT2D eigenvalue weighted by molar-refractivity contribution is 7.98. The van der Waals surface area contributed by atoms with E-state index in [1.165, 1.54) is 11.1 Å². The lowest BCUT2D eigenvalue weighted by molar-refractivity contribution is -0.190. The Balaban J connectivity index is 2.52. The fraction of sp³-hybridized carbons (Fsp3) is 0.412. The molecule has 0 saturated heterocycles. The van der Waals surface area contributed by atoms with Crippen LogP contribution >= 0.6 is 11.8 Å². The highest BCUT2D eigenvalue weighted by Crippen LogP contribution is 2.29. The van der Waals surface area contributed by atoms with Crippen molar-refractivity contribution in [2.24, 2.45) is 0 Å². The fourth-order valence-electron chi connectivity index (χ4n) is 4.37. The van der Waals surface area contributed by atoms with Crippen LogP contribution in [-0.4, -0.2) is 46.2 Å². The first-order valence-electron chi connectivity index (χ1n) is 13.9. The average Bonchev–Trinajstić information content (AvgIpc) is 2.93. The Morgan fingerprint density at radius 2 is 1.65 bits per heavy atom. The van der Waals surface area contributed by atoms with E-state index < -0.39 is 24.0 Å². The minimum atomic E-state index is -1.13. The van der Waals surface area contributed by atoms with Crippen LogP contribution in [0.15, 0.2) is 83.5 Å². The van der Waals surface area contributed by atoms with E-state index in [1.807, 2.05) is 69.5 Å². The quantitative estimate of drug-likeness (QED) is 0.173. The number of carboxylic acids is 1. The molecule has 2 atom stereocenters. The van der Waals surface area contributed by atoms with E-state index in [2.05, 4.69) is 32.9 Å². The largest absolute Gasteiger partial charge is 0.480 e. The topological polar surface area (TPSA) is 66.8 Å². The smallest absolute Gasteiger partial charge is 0.329 e. The van der Waals surface area contributed by atoms with Crippen LogP contribution in [0.5, 0.6) is 0 Å². The molecule has 0 fully saturated rings. The maximum Gasteiger partial charge on any atom is 0.329 e. The number of nitrogens with zero attached hydrogens (tertiary/aromatic N) is 1. The summed E-state index contributed by atoms with van der Waals surface area (Å²) in [5.41, 5.74) is 6.59. The third-order valence-electron chi connectivity index (χ3n) is 6.93. The molecule has 5 nitrogen and oxygen atoms in total. The minimum absolute atomic E-state index is 0.272. The summed E-state index contributed by atoms with van der Waals surface area (Å²) < 4.78 is 0. The van der Waals surface area contributed by atoms with Gasteiger partial charge in [0.2, 0.25) is 0 Å². The van der Waals surface area contributed by atoms with E-state index in [0.29, 0.717) is 17.7 Å². The van der Waals surface area contributed by atoms with Crippen LogP contribution in [0.25, 0.3) is 11.1 Å². The molecule has 1 N–H and O–H groups in total. The van der Waals surface area contributed by atoms with E-state index in [4.69, 9.17) is 4.84 Å². The number of hydroxylamine groups is 2. The van der Waals surface area contributed by atoms with Gasteiger partial charge in [-0.3, -0.25) is 9.63 Å². The first-order chi connectivity index (χ1) is 19.1. The van der Waals surface area contributed by atoms with Crippen LogP contribution in [0.2, 0.25) is 0 Å². The fourth-order valence-corrected chi connectivity index (χ4v) is 4.82. The van der Waals surface area contributed by atoms with E-state index in [1.54, 1.807) is 23.9 Å². The highest BCUT2D eigenvalue weighted by Gasteiger charge is 2.34. The number of aliphatic carboxylic acids is 1. The van der Waals surface area contributed by atoms with Crippen molar-refractivity contribution in [3.05, 3.63) is 94.6 Å². The van der Waals surface area contributed by atoms with Crippen LogP contribution in [0.4, 0.5) is 0 Å². The Morgan fingerprint density at radius 3 is 2.25 bits per heavy atom. The second-order valence-electron chi connectivity index (χ2n) is 10.4. The number of carbonyl (C=O) groups excluding carboxylic acids is 1. The molecule has 1 amide bonds. The summed E-state index contributed by atoms with van der Waals surface area (Å²) in [6.45, 7) is 12.2. The number of allylic oxidation sites excluding steroid dienone is 4. The zero-order valence-electron chi connectivity index (χ0n) is 25.1. The highest BCUT2D eigenvalue weighted by atomic mass is 32.2. The van der Waals surface area contributed by atoms with Crippen LogP contribution in [0.3, 0.4) is 0 Å². The van der Waals surface area contributed by atoms with E-state index in [0.717, 1.165) is 40.2 Å². The monoisotopic (exact) mass is 563 g/mol. The summed E-state index contributed by atoms with van der Waals surface area (Å²) in [7, 11) is 0. The van der Waals surface area contributed by atoms with Gasteiger partial charge < -0.3 is 5.11 Å². The second kappa shape index (κ2) is 16.9. The maximum absolute atomic E-state index is 14.2. The van der Waals surface area contributed by atoms with E-state index in [-0.39, 0.29) is 6.42 Å². The van der Waals surface area contributed by atoms with Crippen LogP contribution in [0, 0.1) is 6.92 Å². The lowest BCUT2D eigenvalue weighted by Crippen LogP contribution is -2.47. The van der Waals surface area contributed by atoms with Crippen molar-refractivity contribution in [3.63, 3.8) is 0 Å². The molecule has 1 unspecified atom stereocenters. The van der Waals surface area contributed by atoms with Crippen molar-refractivity contribution in [2.45, 2.75) is 79.4 Å². The second-order valence-corrected chi connectivity index (χ2v) is 11.3. The van der Waals surface area contributed by atoms with E-state index >= 15 is 0 Å². The van der Waals surface area contributed by atoms with Crippen molar-refractivity contribution in [1.82, 2.24) is 5.06 Å². The summed E-state index contributed by atoms with van der Waals surface area (Å²) in [5, 5.41) is 11.4. The van der Waals surface area contributed by atoms with Gasteiger partial charge in [-0.25, -0.2) is 9.86 Å². The van der Waals surface area contributed by atoms with Gasteiger partial charge in [0.1, 0.15) is 6.10 Å². The van der Waals surface area contributed by atoms with Crippen LogP contribution in [0.1, 0.15) is 76.2 Å².